The van der Waals surface area contributed by atoms with Gasteiger partial charge in [0.25, 0.3) is 5.91 Å². The van der Waals surface area contributed by atoms with E-state index in [-0.39, 0.29) is 18.1 Å². The van der Waals surface area contributed by atoms with Gasteiger partial charge in [0.05, 0.1) is 0 Å². The fourth-order valence-corrected chi connectivity index (χ4v) is 4.83. The number of carbonyl (C=O) groups is 1. The van der Waals surface area contributed by atoms with Crippen LogP contribution in [0.3, 0.4) is 0 Å². The maximum absolute atomic E-state index is 13.3. The molecule has 4 nitrogen and oxygen atoms in total. The highest BCUT2D eigenvalue weighted by Crippen LogP contribution is 2.43. The molecule has 0 aliphatic carbocycles. The average molecular weight is 363 g/mol. The Labute approximate surface area is 155 Å². The van der Waals surface area contributed by atoms with Crippen LogP contribution in [0.5, 0.6) is 11.5 Å². The molecule has 5 heteroatoms. The summed E-state index contributed by atoms with van der Waals surface area (Å²) in [5.74, 6) is 2.53. The summed E-state index contributed by atoms with van der Waals surface area (Å²) in [7, 11) is 0. The number of benzene rings is 3. The second-order valence-corrected chi connectivity index (χ2v) is 7.55. The van der Waals surface area contributed by atoms with Crippen molar-refractivity contribution in [3.8, 4) is 11.5 Å². The minimum absolute atomic E-state index is 0.00373. The zero-order valence-electron chi connectivity index (χ0n) is 14.1. The monoisotopic (exact) mass is 363 g/mol. The molecule has 0 radical (unpaired) electrons. The van der Waals surface area contributed by atoms with E-state index in [9.17, 15) is 4.79 Å². The van der Waals surface area contributed by atoms with E-state index >= 15 is 0 Å². The Hall–Kier alpha value is -2.66. The Morgan fingerprint density at radius 1 is 1.00 bits per heavy atom. The molecule has 0 saturated carbocycles. The van der Waals surface area contributed by atoms with Crippen molar-refractivity contribution < 1.29 is 14.3 Å². The molecule has 130 valence electrons. The third-order valence-corrected chi connectivity index (χ3v) is 6.11. The number of thioether (sulfide) groups is 1. The van der Waals surface area contributed by atoms with Crippen LogP contribution in [0.15, 0.2) is 60.7 Å². The van der Waals surface area contributed by atoms with E-state index < -0.39 is 0 Å². The van der Waals surface area contributed by atoms with Crippen molar-refractivity contribution in [2.45, 2.75) is 5.37 Å². The van der Waals surface area contributed by atoms with Crippen LogP contribution in [-0.2, 0) is 0 Å². The van der Waals surface area contributed by atoms with Gasteiger partial charge in [0, 0.05) is 17.9 Å². The Kier molecular flexibility index (Phi) is 3.75. The smallest absolute Gasteiger partial charge is 0.255 e. The van der Waals surface area contributed by atoms with E-state index in [1.807, 2.05) is 65.6 Å². The molecule has 2 aliphatic heterocycles. The molecule has 2 heterocycles. The molecule has 1 fully saturated rings. The first-order valence-corrected chi connectivity index (χ1v) is 9.66. The maximum Gasteiger partial charge on any atom is 0.255 e. The second-order valence-electron chi connectivity index (χ2n) is 6.36. The number of nitrogens with zero attached hydrogens (tertiary/aromatic N) is 1. The van der Waals surface area contributed by atoms with Gasteiger partial charge in [-0.2, -0.15) is 0 Å². The molecule has 0 N–H and O–H groups in total. The zero-order valence-corrected chi connectivity index (χ0v) is 14.9. The molecule has 1 atom stereocenters. The number of carbonyl (C=O) groups excluding carboxylic acids is 1. The van der Waals surface area contributed by atoms with E-state index in [1.54, 1.807) is 11.8 Å². The van der Waals surface area contributed by atoms with Gasteiger partial charge in [-0.25, -0.2) is 0 Å². The lowest BCUT2D eigenvalue weighted by molar-refractivity contribution is 0.0762. The first-order chi connectivity index (χ1) is 12.8. The van der Waals surface area contributed by atoms with E-state index in [2.05, 4.69) is 0 Å². The van der Waals surface area contributed by atoms with Gasteiger partial charge in [-0.15, -0.1) is 11.8 Å². The molecule has 0 bridgehead atoms. The third-order valence-electron chi connectivity index (χ3n) is 4.85. The van der Waals surface area contributed by atoms with E-state index in [0.717, 1.165) is 45.7 Å². The van der Waals surface area contributed by atoms with Gasteiger partial charge >= 0.3 is 0 Å². The minimum Gasteiger partial charge on any atom is -0.454 e. The molecule has 1 saturated heterocycles. The lowest BCUT2D eigenvalue weighted by Crippen LogP contribution is -2.30. The largest absolute Gasteiger partial charge is 0.454 e. The van der Waals surface area contributed by atoms with Crippen LogP contribution >= 0.6 is 11.8 Å². The number of rotatable bonds is 2. The molecule has 3 aromatic carbocycles. The Morgan fingerprint density at radius 3 is 2.81 bits per heavy atom. The van der Waals surface area contributed by atoms with E-state index in [1.165, 1.54) is 0 Å². The molecule has 26 heavy (non-hydrogen) atoms. The van der Waals surface area contributed by atoms with Gasteiger partial charge in [-0.1, -0.05) is 42.5 Å². The Balaban J connectivity index is 1.51. The topological polar surface area (TPSA) is 38.8 Å². The van der Waals surface area contributed by atoms with Crippen LogP contribution in [0, 0.1) is 0 Å². The quantitative estimate of drug-likeness (QED) is 0.674. The Morgan fingerprint density at radius 2 is 1.85 bits per heavy atom. The van der Waals surface area contributed by atoms with Gasteiger partial charge in [0.15, 0.2) is 11.5 Å². The standard InChI is InChI=1S/C21H17NO3S/c23-20(17-7-3-5-14-4-1-2-6-16(14)17)22-10-11-26-21(22)15-8-9-18-19(12-15)25-13-24-18/h1-9,12,21H,10-11,13H2. The van der Waals surface area contributed by atoms with Crippen LogP contribution in [0.1, 0.15) is 21.3 Å². The van der Waals surface area contributed by atoms with Crippen molar-refractivity contribution in [3.63, 3.8) is 0 Å². The molecular weight excluding hydrogens is 346 g/mol. The lowest BCUT2D eigenvalue weighted by Gasteiger charge is -2.25. The van der Waals surface area contributed by atoms with Crippen molar-refractivity contribution in [1.82, 2.24) is 4.90 Å². The van der Waals surface area contributed by atoms with E-state index in [0.29, 0.717) is 0 Å². The van der Waals surface area contributed by atoms with Crippen LogP contribution in [0.4, 0.5) is 0 Å². The fraction of sp³-hybridized carbons (Fsp3) is 0.190. The minimum atomic E-state index is -0.00373. The first kappa shape index (κ1) is 15.6. The molecule has 0 aromatic heterocycles. The van der Waals surface area contributed by atoms with Crippen LogP contribution in [-0.4, -0.2) is 29.9 Å². The second kappa shape index (κ2) is 6.25. The average Bonchev–Trinajstić information content (AvgIpc) is 3.35. The molecular formula is C21H17NO3S. The molecule has 0 spiro atoms. The van der Waals surface area contributed by atoms with Crippen molar-refractivity contribution in [2.24, 2.45) is 0 Å². The molecule has 3 aromatic rings. The summed E-state index contributed by atoms with van der Waals surface area (Å²) in [5, 5.41) is 2.09. The summed E-state index contributed by atoms with van der Waals surface area (Å²) in [5.41, 5.74) is 1.83. The highest BCUT2D eigenvalue weighted by molar-refractivity contribution is 7.99. The van der Waals surface area contributed by atoms with Crippen molar-refractivity contribution in [2.75, 3.05) is 19.1 Å². The van der Waals surface area contributed by atoms with Crippen LogP contribution in [0.25, 0.3) is 10.8 Å². The predicted octanol–water partition coefficient (Wildman–Crippen LogP) is 4.46. The van der Waals surface area contributed by atoms with Crippen molar-refractivity contribution in [1.29, 1.82) is 0 Å². The van der Waals surface area contributed by atoms with Crippen molar-refractivity contribution in [3.05, 3.63) is 71.8 Å². The third kappa shape index (κ3) is 2.51. The van der Waals surface area contributed by atoms with Crippen LogP contribution < -0.4 is 9.47 Å². The van der Waals surface area contributed by atoms with Crippen LogP contribution in [0.2, 0.25) is 0 Å². The summed E-state index contributed by atoms with van der Waals surface area (Å²) in [4.78, 5) is 15.3. The number of ether oxygens (including phenoxy) is 2. The molecule has 1 amide bonds. The van der Waals surface area contributed by atoms with Gasteiger partial charge in [0.1, 0.15) is 5.37 Å². The van der Waals surface area contributed by atoms with Gasteiger partial charge in [-0.05, 0) is 34.5 Å². The number of fused-ring (bicyclic) bond motifs is 2. The Bertz CT molecular complexity index is 998. The summed E-state index contributed by atoms with van der Waals surface area (Å²) in [6.07, 6.45) is 0. The lowest BCUT2D eigenvalue weighted by atomic mass is 10.0. The summed E-state index contributed by atoms with van der Waals surface area (Å²) >= 11 is 1.79. The summed E-state index contributed by atoms with van der Waals surface area (Å²) in [6, 6.07) is 19.9. The fourth-order valence-electron chi connectivity index (χ4n) is 3.59. The number of hydrogen-bond donors (Lipinski definition) is 0. The first-order valence-electron chi connectivity index (χ1n) is 8.61. The highest BCUT2D eigenvalue weighted by Gasteiger charge is 2.32. The number of amides is 1. The number of hydrogen-bond acceptors (Lipinski definition) is 4. The van der Waals surface area contributed by atoms with Crippen molar-refractivity contribution >= 4 is 28.4 Å². The highest BCUT2D eigenvalue weighted by atomic mass is 32.2. The van der Waals surface area contributed by atoms with E-state index in [4.69, 9.17) is 9.47 Å². The zero-order chi connectivity index (χ0) is 17.5. The summed E-state index contributed by atoms with van der Waals surface area (Å²) in [6.45, 7) is 1.00. The maximum atomic E-state index is 13.3. The van der Waals surface area contributed by atoms with Gasteiger partial charge in [0.2, 0.25) is 6.79 Å². The van der Waals surface area contributed by atoms with Gasteiger partial charge < -0.3 is 14.4 Å². The summed E-state index contributed by atoms with van der Waals surface area (Å²) < 4.78 is 10.9. The molecule has 5 rings (SSSR count). The van der Waals surface area contributed by atoms with Gasteiger partial charge in [-0.3, -0.25) is 4.79 Å². The molecule has 1 unspecified atom stereocenters. The normalized spacial score (nSPS) is 18.5. The SMILES string of the molecule is O=C(c1cccc2ccccc12)N1CCSC1c1ccc2c(c1)OCO2. The molecule has 2 aliphatic rings. The predicted molar refractivity (Wildman–Crippen MR) is 103 cm³/mol.